The second kappa shape index (κ2) is 9.80. The van der Waals surface area contributed by atoms with Crippen LogP contribution in [0, 0.1) is 6.92 Å². The van der Waals surface area contributed by atoms with Crippen LogP contribution in [0.4, 0.5) is 5.69 Å². The Balaban J connectivity index is 1.91. The number of esters is 1. The lowest BCUT2D eigenvalue weighted by molar-refractivity contribution is -0.153. The molecule has 1 unspecified atom stereocenters. The predicted molar refractivity (Wildman–Crippen MR) is 131 cm³/mol. The van der Waals surface area contributed by atoms with Gasteiger partial charge in [-0.2, -0.15) is 0 Å². The normalized spacial score (nSPS) is 11.8. The predicted octanol–water partition coefficient (Wildman–Crippen LogP) is 4.80. The van der Waals surface area contributed by atoms with E-state index in [4.69, 9.17) is 9.47 Å². The number of rotatable bonds is 7. The van der Waals surface area contributed by atoms with E-state index in [-0.39, 0.29) is 12.5 Å². The Hall–Kier alpha value is -4.10. The number of amides is 1. The van der Waals surface area contributed by atoms with Gasteiger partial charge in [0.15, 0.2) is 6.10 Å². The summed E-state index contributed by atoms with van der Waals surface area (Å²) < 4.78 is 12.3. The molecule has 0 aliphatic rings. The second-order valence-electron chi connectivity index (χ2n) is 7.72. The van der Waals surface area contributed by atoms with Crippen molar-refractivity contribution in [3.05, 3.63) is 89.6 Å². The van der Waals surface area contributed by atoms with Crippen molar-refractivity contribution in [3.63, 3.8) is 0 Å². The highest BCUT2D eigenvalue weighted by atomic mass is 16.5. The zero-order valence-electron chi connectivity index (χ0n) is 19.2. The van der Waals surface area contributed by atoms with Gasteiger partial charge in [0.05, 0.1) is 36.3 Å². The Morgan fingerprint density at radius 3 is 2.44 bits per heavy atom. The largest absolute Gasteiger partial charge is 0.497 e. The number of aliphatic hydroxyl groups is 1. The van der Waals surface area contributed by atoms with Gasteiger partial charge in [-0.3, -0.25) is 4.79 Å². The van der Waals surface area contributed by atoms with Gasteiger partial charge in [-0.25, -0.2) is 4.79 Å². The first-order chi connectivity index (χ1) is 16.5. The SMILES string of the molecule is CCOC(=O)C(O)c1c(C)c2cc(OC)ccc2n1-c1ccccc1NC(=O)c1ccccc1. The molecule has 0 saturated carbocycles. The Bertz CT molecular complexity index is 1340. The fourth-order valence-corrected chi connectivity index (χ4v) is 4.05. The fraction of sp³-hybridized carbons (Fsp3) is 0.185. The average Bonchev–Trinajstić information content (AvgIpc) is 3.15. The summed E-state index contributed by atoms with van der Waals surface area (Å²) in [5.41, 5.74) is 3.47. The third-order valence-electron chi connectivity index (χ3n) is 5.67. The summed E-state index contributed by atoms with van der Waals surface area (Å²) in [6, 6.07) is 21.7. The Morgan fingerprint density at radius 1 is 1.03 bits per heavy atom. The quantitative estimate of drug-likeness (QED) is 0.389. The lowest BCUT2D eigenvalue weighted by atomic mass is 10.1. The van der Waals surface area contributed by atoms with E-state index in [0.717, 1.165) is 10.9 Å². The van der Waals surface area contributed by atoms with Crippen LogP contribution < -0.4 is 10.1 Å². The van der Waals surface area contributed by atoms with Crippen LogP contribution in [-0.4, -0.2) is 35.3 Å². The molecule has 1 aromatic heterocycles. The Kier molecular flexibility index (Phi) is 6.65. The molecule has 3 aromatic carbocycles. The molecule has 7 heteroatoms. The summed E-state index contributed by atoms with van der Waals surface area (Å²) in [5.74, 6) is -0.363. The van der Waals surface area contributed by atoms with E-state index in [1.165, 1.54) is 0 Å². The van der Waals surface area contributed by atoms with Crippen LogP contribution >= 0.6 is 0 Å². The molecule has 2 N–H and O–H groups in total. The van der Waals surface area contributed by atoms with Crippen molar-refractivity contribution < 1.29 is 24.2 Å². The molecule has 4 rings (SSSR count). The Labute approximate surface area is 197 Å². The summed E-state index contributed by atoms with van der Waals surface area (Å²) in [4.78, 5) is 25.4. The molecular formula is C27H26N2O5. The molecule has 0 aliphatic heterocycles. The molecule has 1 amide bonds. The van der Waals surface area contributed by atoms with Gasteiger partial charge in [-0.05, 0) is 61.9 Å². The lowest BCUT2D eigenvalue weighted by Gasteiger charge is -2.19. The first kappa shape index (κ1) is 23.1. The second-order valence-corrected chi connectivity index (χ2v) is 7.72. The van der Waals surface area contributed by atoms with Gasteiger partial charge in [0.2, 0.25) is 0 Å². The molecule has 0 spiro atoms. The number of hydrogen-bond acceptors (Lipinski definition) is 5. The minimum atomic E-state index is -1.52. The highest BCUT2D eigenvalue weighted by Gasteiger charge is 2.29. The molecule has 0 bridgehead atoms. The standard InChI is InChI=1S/C27H26N2O5/c1-4-34-27(32)25(30)24-17(2)20-16-19(33-3)14-15-22(20)29(24)23-13-9-8-12-21(23)28-26(31)18-10-6-5-7-11-18/h5-16,25,30H,4H2,1-3H3,(H,28,31). The molecule has 174 valence electrons. The third-order valence-corrected chi connectivity index (χ3v) is 5.67. The number of nitrogens with one attached hydrogen (secondary N) is 1. The van der Waals surface area contributed by atoms with E-state index in [2.05, 4.69) is 5.32 Å². The van der Waals surface area contributed by atoms with Gasteiger partial charge in [0, 0.05) is 10.9 Å². The van der Waals surface area contributed by atoms with Crippen molar-refractivity contribution in [2.24, 2.45) is 0 Å². The van der Waals surface area contributed by atoms with Crippen LogP contribution in [0.5, 0.6) is 5.75 Å². The molecule has 4 aromatic rings. The molecule has 0 radical (unpaired) electrons. The van der Waals surface area contributed by atoms with Crippen molar-refractivity contribution in [1.82, 2.24) is 4.57 Å². The minimum Gasteiger partial charge on any atom is -0.497 e. The highest BCUT2D eigenvalue weighted by molar-refractivity contribution is 6.05. The van der Waals surface area contributed by atoms with Crippen molar-refractivity contribution in [1.29, 1.82) is 0 Å². The van der Waals surface area contributed by atoms with Crippen LogP contribution in [0.3, 0.4) is 0 Å². The number of carbonyl (C=O) groups excluding carboxylic acids is 2. The van der Waals surface area contributed by atoms with Crippen molar-refractivity contribution >= 4 is 28.5 Å². The summed E-state index contributed by atoms with van der Waals surface area (Å²) >= 11 is 0. The third kappa shape index (κ3) is 4.25. The number of carbonyl (C=O) groups is 2. The number of nitrogens with zero attached hydrogens (tertiary/aromatic N) is 1. The van der Waals surface area contributed by atoms with E-state index in [1.807, 2.05) is 49.4 Å². The zero-order chi connectivity index (χ0) is 24.2. The summed E-state index contributed by atoms with van der Waals surface area (Å²) in [6.45, 7) is 3.67. The minimum absolute atomic E-state index is 0.146. The molecular weight excluding hydrogens is 432 g/mol. The van der Waals surface area contributed by atoms with Crippen molar-refractivity contribution in [2.45, 2.75) is 20.0 Å². The summed E-state index contributed by atoms with van der Waals surface area (Å²) in [7, 11) is 1.58. The van der Waals surface area contributed by atoms with Gasteiger partial charge in [0.25, 0.3) is 5.91 Å². The van der Waals surface area contributed by atoms with Crippen LogP contribution in [0.15, 0.2) is 72.8 Å². The van der Waals surface area contributed by atoms with Crippen LogP contribution in [0.2, 0.25) is 0 Å². The van der Waals surface area contributed by atoms with Gasteiger partial charge in [0.1, 0.15) is 5.75 Å². The smallest absolute Gasteiger partial charge is 0.341 e. The van der Waals surface area contributed by atoms with Crippen LogP contribution in [-0.2, 0) is 9.53 Å². The number of hydrogen-bond donors (Lipinski definition) is 2. The maximum absolute atomic E-state index is 12.9. The number of methoxy groups -OCH3 is 1. The molecule has 1 atom stereocenters. The van der Waals surface area contributed by atoms with Gasteiger partial charge in [-0.15, -0.1) is 0 Å². The molecule has 7 nitrogen and oxygen atoms in total. The number of benzene rings is 3. The van der Waals surface area contributed by atoms with Gasteiger partial charge in [-0.1, -0.05) is 30.3 Å². The summed E-state index contributed by atoms with van der Waals surface area (Å²) in [6.07, 6.45) is -1.52. The Morgan fingerprint density at radius 2 is 1.74 bits per heavy atom. The van der Waals surface area contributed by atoms with E-state index in [1.54, 1.807) is 48.9 Å². The maximum Gasteiger partial charge on any atom is 0.341 e. The summed E-state index contributed by atoms with van der Waals surface area (Å²) in [5, 5.41) is 14.8. The van der Waals surface area contributed by atoms with Crippen molar-refractivity contribution in [3.8, 4) is 11.4 Å². The zero-order valence-corrected chi connectivity index (χ0v) is 19.2. The number of aromatic nitrogens is 1. The molecule has 1 heterocycles. The van der Waals surface area contributed by atoms with Crippen LogP contribution in [0.1, 0.15) is 34.6 Å². The molecule has 0 fully saturated rings. The molecule has 0 aliphatic carbocycles. The van der Waals surface area contributed by atoms with E-state index in [0.29, 0.717) is 33.9 Å². The number of aliphatic hydroxyl groups excluding tert-OH is 1. The monoisotopic (exact) mass is 458 g/mol. The first-order valence-corrected chi connectivity index (χ1v) is 11.0. The number of ether oxygens (including phenoxy) is 2. The van der Waals surface area contributed by atoms with Gasteiger partial charge >= 0.3 is 5.97 Å². The van der Waals surface area contributed by atoms with E-state index >= 15 is 0 Å². The highest BCUT2D eigenvalue weighted by Crippen LogP contribution is 2.37. The number of para-hydroxylation sites is 2. The number of fused-ring (bicyclic) bond motifs is 1. The molecule has 0 saturated heterocycles. The van der Waals surface area contributed by atoms with E-state index in [9.17, 15) is 14.7 Å². The average molecular weight is 459 g/mol. The van der Waals surface area contributed by atoms with E-state index < -0.39 is 12.1 Å². The number of anilines is 1. The van der Waals surface area contributed by atoms with Gasteiger partial charge < -0.3 is 24.5 Å². The maximum atomic E-state index is 12.9. The van der Waals surface area contributed by atoms with Crippen molar-refractivity contribution in [2.75, 3.05) is 19.0 Å². The number of aryl methyl sites for hydroxylation is 1. The topological polar surface area (TPSA) is 89.8 Å². The first-order valence-electron chi connectivity index (χ1n) is 11.0. The fourth-order valence-electron chi connectivity index (χ4n) is 4.05. The van der Waals surface area contributed by atoms with Crippen LogP contribution in [0.25, 0.3) is 16.6 Å². The lowest BCUT2D eigenvalue weighted by Crippen LogP contribution is -2.20. The molecule has 34 heavy (non-hydrogen) atoms.